The zero-order chi connectivity index (χ0) is 23.2. The molecular weight excluding hydrogens is 446 g/mol. The van der Waals surface area contributed by atoms with Crippen LogP contribution in [0.3, 0.4) is 0 Å². The molecule has 0 radical (unpaired) electrons. The molecule has 5 rings (SSSR count). The number of rotatable bonds is 6. The molecule has 2 aromatic rings. The zero-order valence-electron chi connectivity index (χ0n) is 19.8. The molecule has 34 heavy (non-hydrogen) atoms. The fraction of sp³-hybridized carbons (Fsp3) is 0.560. The number of hydrogen-bond donors (Lipinski definition) is 2. The number of nitrogens with one attached hydrogen (secondary N) is 2. The zero-order valence-corrected chi connectivity index (χ0v) is 20.6. The van der Waals surface area contributed by atoms with Gasteiger partial charge in [-0.05, 0) is 56.5 Å². The monoisotopic (exact) mass is 481 g/mol. The van der Waals surface area contributed by atoms with E-state index in [4.69, 9.17) is 26.9 Å². The van der Waals surface area contributed by atoms with E-state index in [1.165, 1.54) is 24.9 Å². The van der Waals surface area contributed by atoms with Gasteiger partial charge in [-0.2, -0.15) is 9.97 Å². The number of thiocarbonyl (C=S) groups is 1. The average Bonchev–Trinajstić information content (AvgIpc) is 3.42. The quantitative estimate of drug-likeness (QED) is 0.605. The van der Waals surface area contributed by atoms with Crippen molar-refractivity contribution in [1.29, 1.82) is 0 Å². The highest BCUT2D eigenvalue weighted by Crippen LogP contribution is 2.26. The Bertz CT molecular complexity index is 940. The van der Waals surface area contributed by atoms with Crippen molar-refractivity contribution >= 4 is 40.6 Å². The first-order valence-electron chi connectivity index (χ1n) is 12.6. The Morgan fingerprint density at radius 3 is 2.24 bits per heavy atom. The Morgan fingerprint density at radius 2 is 1.56 bits per heavy atom. The van der Waals surface area contributed by atoms with Crippen molar-refractivity contribution in [3.63, 3.8) is 0 Å². The lowest BCUT2D eigenvalue weighted by Crippen LogP contribution is -2.47. The minimum atomic E-state index is 0.233. The molecule has 0 spiro atoms. The van der Waals surface area contributed by atoms with Gasteiger partial charge in [0.15, 0.2) is 5.11 Å². The third-order valence-corrected chi connectivity index (χ3v) is 7.09. The van der Waals surface area contributed by atoms with E-state index in [1.54, 1.807) is 0 Å². The van der Waals surface area contributed by atoms with Crippen LogP contribution in [-0.4, -0.2) is 73.6 Å². The third kappa shape index (κ3) is 5.88. The minimum absolute atomic E-state index is 0.233. The molecule has 4 heterocycles. The molecule has 9 heteroatoms. The number of ether oxygens (including phenoxy) is 1. The van der Waals surface area contributed by atoms with Crippen molar-refractivity contribution in [2.24, 2.45) is 0 Å². The molecule has 0 aliphatic carbocycles. The van der Waals surface area contributed by atoms with Crippen molar-refractivity contribution < 1.29 is 4.74 Å². The van der Waals surface area contributed by atoms with Gasteiger partial charge >= 0.3 is 0 Å². The second-order valence-corrected chi connectivity index (χ2v) is 9.64. The molecule has 3 fully saturated rings. The molecule has 3 aliphatic rings. The third-order valence-electron chi connectivity index (χ3n) is 6.84. The van der Waals surface area contributed by atoms with Crippen LogP contribution in [0.4, 0.5) is 23.3 Å². The van der Waals surface area contributed by atoms with E-state index in [0.29, 0.717) is 17.6 Å². The summed E-state index contributed by atoms with van der Waals surface area (Å²) in [6.07, 6.45) is 6.14. The minimum Gasteiger partial charge on any atom is -0.376 e. The Hall–Kier alpha value is -2.65. The highest BCUT2D eigenvalue weighted by molar-refractivity contribution is 7.80. The Balaban J connectivity index is 1.28. The largest absolute Gasteiger partial charge is 0.376 e. The van der Waals surface area contributed by atoms with Crippen LogP contribution in [0.5, 0.6) is 0 Å². The van der Waals surface area contributed by atoms with Crippen LogP contribution in [-0.2, 0) is 4.74 Å². The van der Waals surface area contributed by atoms with E-state index >= 15 is 0 Å². The van der Waals surface area contributed by atoms with Crippen LogP contribution in [0.1, 0.15) is 32.1 Å². The number of benzene rings is 1. The number of anilines is 4. The smallest absolute Gasteiger partial charge is 0.232 e. The molecule has 0 unspecified atom stereocenters. The van der Waals surface area contributed by atoms with Gasteiger partial charge in [0.2, 0.25) is 5.95 Å². The van der Waals surface area contributed by atoms with Crippen LogP contribution in [0, 0.1) is 0 Å². The summed E-state index contributed by atoms with van der Waals surface area (Å²) in [7, 11) is 0. The number of piperazine rings is 1. The number of aromatic nitrogens is 2. The molecule has 8 nitrogen and oxygen atoms in total. The van der Waals surface area contributed by atoms with E-state index in [9.17, 15) is 0 Å². The Morgan fingerprint density at radius 1 is 0.882 bits per heavy atom. The molecule has 1 aromatic heterocycles. The van der Waals surface area contributed by atoms with Gasteiger partial charge in [0.25, 0.3) is 0 Å². The predicted molar refractivity (Wildman–Crippen MR) is 142 cm³/mol. The van der Waals surface area contributed by atoms with Crippen molar-refractivity contribution in [3.05, 3.63) is 36.4 Å². The Kier molecular flexibility index (Phi) is 7.60. The summed E-state index contributed by atoms with van der Waals surface area (Å²) in [5, 5.41) is 7.06. The molecule has 182 valence electrons. The van der Waals surface area contributed by atoms with E-state index in [2.05, 4.69) is 61.7 Å². The van der Waals surface area contributed by atoms with Crippen LogP contribution in [0.2, 0.25) is 0 Å². The van der Waals surface area contributed by atoms with Crippen molar-refractivity contribution in [2.75, 3.05) is 72.4 Å². The van der Waals surface area contributed by atoms with Crippen LogP contribution in [0.25, 0.3) is 0 Å². The number of piperidine rings is 1. The molecule has 0 bridgehead atoms. The summed E-state index contributed by atoms with van der Waals surface area (Å²) in [6.45, 7) is 7.42. The lowest BCUT2D eigenvalue weighted by molar-refractivity contribution is 0.114. The van der Waals surface area contributed by atoms with Crippen LogP contribution in [0.15, 0.2) is 36.4 Å². The molecular formula is C25H35N7OS. The van der Waals surface area contributed by atoms with Gasteiger partial charge in [-0.15, -0.1) is 0 Å². The highest BCUT2D eigenvalue weighted by atomic mass is 32.1. The van der Waals surface area contributed by atoms with Gasteiger partial charge in [0.05, 0.1) is 6.10 Å². The molecule has 0 saturated carbocycles. The SMILES string of the molecule is S=C(NC[C@H]1CCCO1)Nc1nc(N2CCCCC2)cc(N2CCN(c3ccccc3)CC2)n1. The molecule has 1 atom stereocenters. The molecule has 3 aliphatic heterocycles. The average molecular weight is 482 g/mol. The maximum atomic E-state index is 5.69. The first-order chi connectivity index (χ1) is 16.7. The fourth-order valence-corrected chi connectivity index (χ4v) is 5.09. The molecule has 0 amide bonds. The topological polar surface area (TPSA) is 68.8 Å². The normalized spacial score (nSPS) is 20.9. The van der Waals surface area contributed by atoms with E-state index < -0.39 is 0 Å². The first kappa shape index (κ1) is 23.1. The fourth-order valence-electron chi connectivity index (χ4n) is 4.92. The van der Waals surface area contributed by atoms with E-state index in [1.807, 2.05) is 0 Å². The summed E-state index contributed by atoms with van der Waals surface area (Å²) >= 11 is 5.55. The van der Waals surface area contributed by atoms with Crippen molar-refractivity contribution in [1.82, 2.24) is 15.3 Å². The van der Waals surface area contributed by atoms with Gasteiger partial charge in [-0.1, -0.05) is 18.2 Å². The van der Waals surface area contributed by atoms with Crippen molar-refractivity contribution in [3.8, 4) is 0 Å². The lowest BCUT2D eigenvalue weighted by atomic mass is 10.1. The highest BCUT2D eigenvalue weighted by Gasteiger charge is 2.22. The lowest BCUT2D eigenvalue weighted by Gasteiger charge is -2.37. The Labute approximate surface area is 207 Å². The van der Waals surface area contributed by atoms with Crippen LogP contribution < -0.4 is 25.3 Å². The van der Waals surface area contributed by atoms with Crippen molar-refractivity contribution in [2.45, 2.75) is 38.2 Å². The molecule has 3 saturated heterocycles. The van der Waals surface area contributed by atoms with Gasteiger partial charge < -0.3 is 30.1 Å². The second kappa shape index (κ2) is 11.2. The summed E-state index contributed by atoms with van der Waals surface area (Å²) in [5.41, 5.74) is 1.28. The molecule has 2 N–H and O–H groups in total. The summed E-state index contributed by atoms with van der Waals surface area (Å²) in [4.78, 5) is 16.9. The van der Waals surface area contributed by atoms with Gasteiger partial charge in [0.1, 0.15) is 11.6 Å². The second-order valence-electron chi connectivity index (χ2n) is 9.24. The summed E-state index contributed by atoms with van der Waals surface area (Å²) in [6, 6.07) is 12.8. The summed E-state index contributed by atoms with van der Waals surface area (Å²) < 4.78 is 5.69. The van der Waals surface area contributed by atoms with E-state index in [0.717, 1.165) is 70.4 Å². The van der Waals surface area contributed by atoms with Gasteiger partial charge in [-0.25, -0.2) is 0 Å². The first-order valence-corrected chi connectivity index (χ1v) is 13.0. The number of hydrogen-bond acceptors (Lipinski definition) is 7. The summed E-state index contributed by atoms with van der Waals surface area (Å²) in [5.74, 6) is 2.51. The molecule has 1 aromatic carbocycles. The standard InChI is InChI=1S/C25H35N7OS/c34-25(26-19-21-10-7-17-33-21)29-24-27-22(31-11-5-2-6-12-31)18-23(28-24)32-15-13-30(14-16-32)20-8-3-1-4-9-20/h1,3-4,8-9,18,21H,2,5-7,10-17,19H2,(H2,26,27,28,29,34)/t21-/m1/s1. The van der Waals surface area contributed by atoms with E-state index in [-0.39, 0.29) is 6.10 Å². The number of nitrogens with zero attached hydrogens (tertiary/aromatic N) is 5. The van der Waals surface area contributed by atoms with Gasteiger partial charge in [0, 0.05) is 64.2 Å². The number of para-hydroxylation sites is 1. The maximum Gasteiger partial charge on any atom is 0.232 e. The maximum absolute atomic E-state index is 5.69. The van der Waals surface area contributed by atoms with Gasteiger partial charge in [-0.3, -0.25) is 0 Å². The predicted octanol–water partition coefficient (Wildman–Crippen LogP) is 3.26. The van der Waals surface area contributed by atoms with Crippen LogP contribution >= 0.6 is 12.2 Å².